The number of rotatable bonds is 4. The molecule has 0 saturated carbocycles. The molecule has 1 aromatic heterocycles. The fourth-order valence-corrected chi connectivity index (χ4v) is 3.35. The van der Waals surface area contributed by atoms with Gasteiger partial charge in [-0.05, 0) is 19.5 Å². The van der Waals surface area contributed by atoms with Crippen molar-refractivity contribution in [1.82, 2.24) is 20.2 Å². The Hall–Kier alpha value is -1.44. The molecule has 3 rings (SSSR count). The number of nitrogens with one attached hydrogen (secondary N) is 2. The van der Waals surface area contributed by atoms with E-state index in [-0.39, 0.29) is 12.1 Å². The van der Waals surface area contributed by atoms with Crippen LogP contribution >= 0.6 is 0 Å². The molecule has 1 aromatic rings. The molecule has 2 aliphatic heterocycles. The van der Waals surface area contributed by atoms with Gasteiger partial charge in [0, 0.05) is 38.7 Å². The van der Waals surface area contributed by atoms with Crippen molar-refractivity contribution < 1.29 is 4.74 Å². The highest BCUT2D eigenvalue weighted by Crippen LogP contribution is 2.24. The minimum absolute atomic E-state index is 0.177. The van der Waals surface area contributed by atoms with Crippen molar-refractivity contribution in [3.8, 4) is 0 Å². The SMILES string of the molecule is CCN1C[C@H](Nc2nc(N)nc3c2CCNCC3)[C@@H](OC)C1. The summed E-state index contributed by atoms with van der Waals surface area (Å²) in [5.41, 5.74) is 8.17. The lowest BCUT2D eigenvalue weighted by molar-refractivity contribution is 0.102. The van der Waals surface area contributed by atoms with Crippen molar-refractivity contribution in [2.75, 3.05) is 50.9 Å². The van der Waals surface area contributed by atoms with Crippen LogP contribution in [0.3, 0.4) is 0 Å². The van der Waals surface area contributed by atoms with Crippen LogP contribution in [0.4, 0.5) is 11.8 Å². The van der Waals surface area contributed by atoms with Crippen LogP contribution in [0, 0.1) is 0 Å². The van der Waals surface area contributed by atoms with Crippen LogP contribution in [-0.2, 0) is 17.6 Å². The first-order valence-corrected chi connectivity index (χ1v) is 8.09. The van der Waals surface area contributed by atoms with Crippen LogP contribution in [0.2, 0.25) is 0 Å². The predicted molar refractivity (Wildman–Crippen MR) is 87.0 cm³/mol. The third-order valence-electron chi connectivity index (χ3n) is 4.61. The van der Waals surface area contributed by atoms with Gasteiger partial charge in [0.05, 0.1) is 17.8 Å². The maximum absolute atomic E-state index is 5.90. The number of nitrogens with zero attached hydrogens (tertiary/aromatic N) is 3. The zero-order valence-electron chi connectivity index (χ0n) is 13.4. The molecule has 22 heavy (non-hydrogen) atoms. The summed E-state index contributed by atoms with van der Waals surface area (Å²) in [7, 11) is 1.78. The number of nitrogen functional groups attached to an aromatic ring is 1. The van der Waals surface area contributed by atoms with Crippen LogP contribution in [0.1, 0.15) is 18.2 Å². The summed E-state index contributed by atoms with van der Waals surface area (Å²) in [5.74, 6) is 1.23. The lowest BCUT2D eigenvalue weighted by Gasteiger charge is -2.21. The maximum atomic E-state index is 5.90. The molecule has 1 saturated heterocycles. The molecule has 4 N–H and O–H groups in total. The Kier molecular flexibility index (Phi) is 4.75. The van der Waals surface area contributed by atoms with Gasteiger partial charge in [-0.1, -0.05) is 6.92 Å². The standard InChI is InChI=1S/C15H26N6O/c1-3-21-8-12(13(9-21)22-2)18-14-10-4-6-17-7-5-11(10)19-15(16)20-14/h12-13,17H,3-9H2,1-2H3,(H3,16,18,19,20)/t12-,13-/m0/s1. The van der Waals surface area contributed by atoms with Gasteiger partial charge in [-0.2, -0.15) is 4.98 Å². The first kappa shape index (κ1) is 15.5. The topological polar surface area (TPSA) is 88.3 Å². The molecule has 3 heterocycles. The van der Waals surface area contributed by atoms with Crippen molar-refractivity contribution >= 4 is 11.8 Å². The second kappa shape index (κ2) is 6.76. The number of nitrogens with two attached hydrogens (primary N) is 1. The summed E-state index contributed by atoms with van der Waals surface area (Å²) in [6.07, 6.45) is 2.01. The Morgan fingerprint density at radius 1 is 1.32 bits per heavy atom. The van der Waals surface area contributed by atoms with Crippen LogP contribution in [0.15, 0.2) is 0 Å². The summed E-state index contributed by atoms with van der Waals surface area (Å²) < 4.78 is 5.64. The summed E-state index contributed by atoms with van der Waals surface area (Å²) in [5, 5.41) is 6.98. The van der Waals surface area contributed by atoms with Crippen LogP contribution < -0.4 is 16.4 Å². The fraction of sp³-hybridized carbons (Fsp3) is 0.733. The van der Waals surface area contributed by atoms with Crippen molar-refractivity contribution in [3.05, 3.63) is 11.3 Å². The van der Waals surface area contributed by atoms with Gasteiger partial charge in [0.1, 0.15) is 5.82 Å². The van der Waals surface area contributed by atoms with Gasteiger partial charge in [0.25, 0.3) is 0 Å². The third kappa shape index (κ3) is 3.16. The number of hydrogen-bond donors (Lipinski definition) is 3. The largest absolute Gasteiger partial charge is 0.378 e. The smallest absolute Gasteiger partial charge is 0.222 e. The van der Waals surface area contributed by atoms with E-state index >= 15 is 0 Å². The second-order valence-electron chi connectivity index (χ2n) is 5.98. The number of hydrogen-bond acceptors (Lipinski definition) is 7. The number of likely N-dealkylation sites (tertiary alicyclic amines) is 1. The van der Waals surface area contributed by atoms with Crippen molar-refractivity contribution in [1.29, 1.82) is 0 Å². The van der Waals surface area contributed by atoms with Crippen LogP contribution in [-0.4, -0.2) is 66.8 Å². The molecule has 2 aliphatic rings. The zero-order chi connectivity index (χ0) is 15.5. The highest BCUT2D eigenvalue weighted by atomic mass is 16.5. The Morgan fingerprint density at radius 2 is 2.14 bits per heavy atom. The van der Waals surface area contributed by atoms with Gasteiger partial charge in [0.15, 0.2) is 0 Å². The number of methoxy groups -OCH3 is 1. The highest BCUT2D eigenvalue weighted by molar-refractivity contribution is 5.51. The van der Waals surface area contributed by atoms with Crippen LogP contribution in [0.5, 0.6) is 0 Å². The summed E-state index contributed by atoms with van der Waals surface area (Å²) >= 11 is 0. The maximum Gasteiger partial charge on any atom is 0.222 e. The first-order chi connectivity index (χ1) is 10.7. The van der Waals surface area contributed by atoms with Gasteiger partial charge in [-0.3, -0.25) is 4.90 Å². The van der Waals surface area contributed by atoms with E-state index in [1.807, 2.05) is 0 Å². The molecule has 0 aromatic carbocycles. The third-order valence-corrected chi connectivity index (χ3v) is 4.61. The Labute approximate surface area is 131 Å². The molecule has 0 bridgehead atoms. The Balaban J connectivity index is 1.84. The first-order valence-electron chi connectivity index (χ1n) is 8.09. The quantitative estimate of drug-likeness (QED) is 0.714. The van der Waals surface area contributed by atoms with E-state index in [2.05, 4.69) is 32.4 Å². The van der Waals surface area contributed by atoms with Crippen molar-refractivity contribution in [2.45, 2.75) is 31.9 Å². The van der Waals surface area contributed by atoms with E-state index in [4.69, 9.17) is 10.5 Å². The molecule has 0 aliphatic carbocycles. The second-order valence-corrected chi connectivity index (χ2v) is 5.98. The normalized spacial score (nSPS) is 25.7. The Morgan fingerprint density at radius 3 is 2.91 bits per heavy atom. The number of fused-ring (bicyclic) bond motifs is 1. The van der Waals surface area contributed by atoms with E-state index in [0.717, 1.165) is 57.1 Å². The number of anilines is 2. The molecule has 0 amide bonds. The van der Waals surface area contributed by atoms with Crippen molar-refractivity contribution in [2.24, 2.45) is 0 Å². The summed E-state index contributed by atoms with van der Waals surface area (Å²) in [4.78, 5) is 11.3. The Bertz CT molecular complexity index is 523. The molecule has 0 unspecified atom stereocenters. The lowest BCUT2D eigenvalue weighted by Crippen LogP contribution is -2.34. The molecule has 1 fully saturated rings. The van der Waals surface area contributed by atoms with E-state index < -0.39 is 0 Å². The highest BCUT2D eigenvalue weighted by Gasteiger charge is 2.33. The molecule has 0 radical (unpaired) electrons. The van der Waals surface area contributed by atoms with Crippen molar-refractivity contribution in [3.63, 3.8) is 0 Å². The van der Waals surface area contributed by atoms with E-state index in [1.54, 1.807) is 7.11 Å². The molecule has 7 heteroatoms. The predicted octanol–water partition coefficient (Wildman–Crippen LogP) is -0.122. The average molecular weight is 306 g/mol. The van der Waals surface area contributed by atoms with Gasteiger partial charge in [0.2, 0.25) is 5.95 Å². The van der Waals surface area contributed by atoms with Gasteiger partial charge >= 0.3 is 0 Å². The minimum atomic E-state index is 0.177. The fourth-order valence-electron chi connectivity index (χ4n) is 3.35. The minimum Gasteiger partial charge on any atom is -0.378 e. The molecular formula is C15H26N6O. The average Bonchev–Trinajstić information content (AvgIpc) is 2.75. The molecule has 2 atom stereocenters. The summed E-state index contributed by atoms with van der Waals surface area (Å²) in [6, 6.07) is 0.236. The number of aromatic nitrogens is 2. The number of likely N-dealkylation sites (N-methyl/N-ethyl adjacent to an activating group) is 1. The molecule has 7 nitrogen and oxygen atoms in total. The van der Waals surface area contributed by atoms with E-state index in [1.165, 1.54) is 5.56 Å². The lowest BCUT2D eigenvalue weighted by atomic mass is 10.1. The monoisotopic (exact) mass is 306 g/mol. The molecular weight excluding hydrogens is 280 g/mol. The van der Waals surface area contributed by atoms with Gasteiger partial charge < -0.3 is 21.1 Å². The van der Waals surface area contributed by atoms with Gasteiger partial charge in [-0.25, -0.2) is 4.98 Å². The van der Waals surface area contributed by atoms with E-state index in [0.29, 0.717) is 5.95 Å². The zero-order valence-corrected chi connectivity index (χ0v) is 13.4. The van der Waals surface area contributed by atoms with E-state index in [9.17, 15) is 0 Å². The molecule has 0 spiro atoms. The summed E-state index contributed by atoms with van der Waals surface area (Å²) in [6.45, 7) is 7.02. The van der Waals surface area contributed by atoms with Crippen LogP contribution in [0.25, 0.3) is 0 Å². The number of ether oxygens (including phenoxy) is 1. The van der Waals surface area contributed by atoms with Gasteiger partial charge in [-0.15, -0.1) is 0 Å². The molecule has 122 valence electrons.